The summed E-state index contributed by atoms with van der Waals surface area (Å²) in [6.07, 6.45) is 0. The van der Waals surface area contributed by atoms with Gasteiger partial charge in [0, 0.05) is 0 Å². The number of ether oxygens (including phenoxy) is 1. The summed E-state index contributed by atoms with van der Waals surface area (Å²) >= 11 is 0. The maximum atomic E-state index is 5.69. The Hall–Kier alpha value is -1.76. The molecule has 0 radical (unpaired) electrons. The predicted octanol–water partition coefficient (Wildman–Crippen LogP) is 3.88. The molecule has 16 heavy (non-hydrogen) atoms. The molecule has 2 aromatic carbocycles. The van der Waals surface area contributed by atoms with Gasteiger partial charge in [0.1, 0.15) is 12.4 Å². The van der Waals surface area contributed by atoms with E-state index in [0.29, 0.717) is 6.61 Å². The molecule has 82 valence electrons. The van der Waals surface area contributed by atoms with E-state index in [4.69, 9.17) is 4.74 Å². The van der Waals surface area contributed by atoms with Crippen LogP contribution in [0.25, 0.3) is 0 Å². The number of aryl methyl sites for hydroxylation is 2. The molecule has 0 aliphatic rings. The fourth-order valence-corrected chi connectivity index (χ4v) is 1.49. The van der Waals surface area contributed by atoms with Gasteiger partial charge in [-0.05, 0) is 31.5 Å². The summed E-state index contributed by atoms with van der Waals surface area (Å²) in [7, 11) is 0. The molecule has 2 aromatic rings. The third-order valence-corrected chi connectivity index (χ3v) is 2.55. The van der Waals surface area contributed by atoms with E-state index in [0.717, 1.165) is 5.75 Å². The van der Waals surface area contributed by atoms with Crippen molar-refractivity contribution in [3.8, 4) is 5.75 Å². The Morgan fingerprint density at radius 2 is 1.25 bits per heavy atom. The van der Waals surface area contributed by atoms with Crippen LogP contribution in [0.5, 0.6) is 5.75 Å². The van der Waals surface area contributed by atoms with Crippen molar-refractivity contribution in [3.05, 3.63) is 65.2 Å². The average Bonchev–Trinajstić information content (AvgIpc) is 2.30. The van der Waals surface area contributed by atoms with Crippen LogP contribution in [0, 0.1) is 13.8 Å². The number of hydrogen-bond acceptors (Lipinski definition) is 1. The summed E-state index contributed by atoms with van der Waals surface area (Å²) in [5.41, 5.74) is 3.73. The largest absolute Gasteiger partial charge is 0.489 e. The van der Waals surface area contributed by atoms with Crippen molar-refractivity contribution >= 4 is 0 Å². The minimum atomic E-state index is 0.628. The van der Waals surface area contributed by atoms with Crippen molar-refractivity contribution in [1.82, 2.24) is 0 Å². The number of rotatable bonds is 3. The van der Waals surface area contributed by atoms with Crippen LogP contribution in [0.1, 0.15) is 16.7 Å². The second-order valence-electron chi connectivity index (χ2n) is 4.09. The van der Waals surface area contributed by atoms with Gasteiger partial charge in [0.05, 0.1) is 0 Å². The standard InChI is InChI=1S/C15H16O/c1-12-3-7-14(8-4-12)11-16-15-9-5-13(2)6-10-15/h3-10H,11H2,1-2H3. The third-order valence-electron chi connectivity index (χ3n) is 2.55. The minimum absolute atomic E-state index is 0.628. The molecule has 0 aliphatic carbocycles. The van der Waals surface area contributed by atoms with E-state index < -0.39 is 0 Å². The number of hydrogen-bond donors (Lipinski definition) is 0. The molecule has 0 atom stereocenters. The van der Waals surface area contributed by atoms with Gasteiger partial charge in [-0.2, -0.15) is 0 Å². The molecule has 0 heterocycles. The molecule has 1 heteroatoms. The third kappa shape index (κ3) is 2.86. The molecule has 2 rings (SSSR count). The lowest BCUT2D eigenvalue weighted by Crippen LogP contribution is -1.95. The summed E-state index contributed by atoms with van der Waals surface area (Å²) in [6, 6.07) is 16.5. The van der Waals surface area contributed by atoms with Gasteiger partial charge in [-0.1, -0.05) is 47.5 Å². The fourth-order valence-electron chi connectivity index (χ4n) is 1.49. The highest BCUT2D eigenvalue weighted by Gasteiger charge is 1.95. The van der Waals surface area contributed by atoms with Crippen LogP contribution in [-0.4, -0.2) is 0 Å². The summed E-state index contributed by atoms with van der Waals surface area (Å²) in [5, 5.41) is 0. The summed E-state index contributed by atoms with van der Waals surface area (Å²) in [5.74, 6) is 0.922. The van der Waals surface area contributed by atoms with Gasteiger partial charge in [0.15, 0.2) is 0 Å². The lowest BCUT2D eigenvalue weighted by molar-refractivity contribution is 0.306. The van der Waals surface area contributed by atoms with E-state index in [9.17, 15) is 0 Å². The van der Waals surface area contributed by atoms with Crippen LogP contribution in [-0.2, 0) is 6.61 Å². The quantitative estimate of drug-likeness (QED) is 0.750. The van der Waals surface area contributed by atoms with Crippen molar-refractivity contribution in [2.45, 2.75) is 20.5 Å². The summed E-state index contributed by atoms with van der Waals surface area (Å²) in [6.45, 7) is 4.79. The fraction of sp³-hybridized carbons (Fsp3) is 0.200. The Bertz CT molecular complexity index is 394. The molecule has 0 spiro atoms. The van der Waals surface area contributed by atoms with Gasteiger partial charge < -0.3 is 4.74 Å². The molecule has 0 saturated heterocycles. The van der Waals surface area contributed by atoms with E-state index in [1.54, 1.807) is 0 Å². The Kier molecular flexibility index (Phi) is 3.25. The van der Waals surface area contributed by atoms with Crippen LogP contribution < -0.4 is 4.74 Å². The van der Waals surface area contributed by atoms with Gasteiger partial charge in [-0.3, -0.25) is 0 Å². The van der Waals surface area contributed by atoms with Crippen molar-refractivity contribution in [2.75, 3.05) is 0 Å². The van der Waals surface area contributed by atoms with Gasteiger partial charge in [0.2, 0.25) is 0 Å². The molecule has 0 N–H and O–H groups in total. The van der Waals surface area contributed by atoms with Crippen LogP contribution in [0.2, 0.25) is 0 Å². The topological polar surface area (TPSA) is 9.23 Å². The molecule has 1 nitrogen and oxygen atoms in total. The normalized spacial score (nSPS) is 10.1. The lowest BCUT2D eigenvalue weighted by atomic mass is 10.2. The van der Waals surface area contributed by atoms with Gasteiger partial charge in [0.25, 0.3) is 0 Å². The first-order valence-corrected chi connectivity index (χ1v) is 5.49. The maximum absolute atomic E-state index is 5.69. The van der Waals surface area contributed by atoms with E-state index in [2.05, 4.69) is 50.2 Å². The second-order valence-corrected chi connectivity index (χ2v) is 4.09. The molecular weight excluding hydrogens is 196 g/mol. The zero-order valence-corrected chi connectivity index (χ0v) is 9.73. The SMILES string of the molecule is Cc1ccc(COc2ccc(C)cc2)cc1. The zero-order valence-electron chi connectivity index (χ0n) is 9.73. The molecule has 0 saturated carbocycles. The van der Waals surface area contributed by atoms with Gasteiger partial charge in [-0.25, -0.2) is 0 Å². The lowest BCUT2D eigenvalue weighted by Gasteiger charge is -2.06. The Balaban J connectivity index is 1.97. The summed E-state index contributed by atoms with van der Waals surface area (Å²) < 4.78 is 5.69. The first kappa shape index (κ1) is 10.7. The van der Waals surface area contributed by atoms with Crippen molar-refractivity contribution in [1.29, 1.82) is 0 Å². The molecule has 0 aliphatic heterocycles. The highest BCUT2D eigenvalue weighted by atomic mass is 16.5. The predicted molar refractivity (Wildman–Crippen MR) is 66.7 cm³/mol. The smallest absolute Gasteiger partial charge is 0.119 e. The van der Waals surface area contributed by atoms with Gasteiger partial charge >= 0.3 is 0 Å². The zero-order chi connectivity index (χ0) is 11.4. The van der Waals surface area contributed by atoms with Crippen LogP contribution in [0.4, 0.5) is 0 Å². The van der Waals surface area contributed by atoms with E-state index >= 15 is 0 Å². The molecule has 0 bridgehead atoms. The molecular formula is C15H16O. The first-order chi connectivity index (χ1) is 7.74. The van der Waals surface area contributed by atoms with Gasteiger partial charge in [-0.15, -0.1) is 0 Å². The molecule has 0 fully saturated rings. The van der Waals surface area contributed by atoms with E-state index in [1.807, 2.05) is 12.1 Å². The van der Waals surface area contributed by atoms with Crippen molar-refractivity contribution in [3.63, 3.8) is 0 Å². The highest BCUT2D eigenvalue weighted by molar-refractivity contribution is 5.27. The monoisotopic (exact) mass is 212 g/mol. The molecule has 0 aromatic heterocycles. The van der Waals surface area contributed by atoms with Crippen molar-refractivity contribution in [2.24, 2.45) is 0 Å². The average molecular weight is 212 g/mol. The second kappa shape index (κ2) is 4.84. The maximum Gasteiger partial charge on any atom is 0.119 e. The Morgan fingerprint density at radius 1 is 0.750 bits per heavy atom. The highest BCUT2D eigenvalue weighted by Crippen LogP contribution is 2.13. The Morgan fingerprint density at radius 3 is 1.81 bits per heavy atom. The van der Waals surface area contributed by atoms with Crippen LogP contribution in [0.3, 0.4) is 0 Å². The minimum Gasteiger partial charge on any atom is -0.489 e. The van der Waals surface area contributed by atoms with E-state index in [-0.39, 0.29) is 0 Å². The van der Waals surface area contributed by atoms with E-state index in [1.165, 1.54) is 16.7 Å². The first-order valence-electron chi connectivity index (χ1n) is 5.49. The van der Waals surface area contributed by atoms with Crippen molar-refractivity contribution < 1.29 is 4.74 Å². The van der Waals surface area contributed by atoms with Crippen LogP contribution >= 0.6 is 0 Å². The Labute approximate surface area is 96.7 Å². The molecule has 0 unspecified atom stereocenters. The summed E-state index contributed by atoms with van der Waals surface area (Å²) in [4.78, 5) is 0. The number of benzene rings is 2. The molecule has 0 amide bonds. The van der Waals surface area contributed by atoms with Crippen LogP contribution in [0.15, 0.2) is 48.5 Å².